The molecule has 0 saturated heterocycles. The van der Waals surface area contributed by atoms with Crippen LogP contribution in [0.4, 0.5) is 17.6 Å². The Kier molecular flexibility index (Phi) is 4.62. The van der Waals surface area contributed by atoms with Crippen LogP contribution in [-0.4, -0.2) is 12.8 Å². The third-order valence-corrected chi connectivity index (χ3v) is 2.74. The molecule has 1 rings (SSSR count). The first-order chi connectivity index (χ1) is 7.46. The summed E-state index contributed by atoms with van der Waals surface area (Å²) in [6, 6.07) is 0. The summed E-state index contributed by atoms with van der Waals surface area (Å²) in [4.78, 5) is 0. The fraction of sp³-hybridized carbons (Fsp3) is 0.818. The first-order valence-electron chi connectivity index (χ1n) is 5.56. The zero-order valence-electron chi connectivity index (χ0n) is 9.24. The van der Waals surface area contributed by atoms with Crippen LogP contribution in [-0.2, 0) is 4.74 Å². The molecule has 0 unspecified atom stereocenters. The molecule has 0 amide bonds. The number of hydrogen-bond donors (Lipinski definition) is 0. The van der Waals surface area contributed by atoms with Crippen LogP contribution in [0.3, 0.4) is 0 Å². The van der Waals surface area contributed by atoms with Crippen molar-refractivity contribution in [3.8, 4) is 0 Å². The number of halogens is 4. The Morgan fingerprint density at radius 3 is 2.19 bits per heavy atom. The zero-order valence-corrected chi connectivity index (χ0v) is 9.24. The Morgan fingerprint density at radius 1 is 1.19 bits per heavy atom. The predicted molar refractivity (Wildman–Crippen MR) is 52.4 cm³/mol. The van der Waals surface area contributed by atoms with Gasteiger partial charge in [-0.1, -0.05) is 19.3 Å². The van der Waals surface area contributed by atoms with Crippen molar-refractivity contribution in [3.05, 3.63) is 11.6 Å². The minimum atomic E-state index is -4.93. The highest BCUT2D eigenvalue weighted by molar-refractivity contribution is 5.10. The summed E-state index contributed by atoms with van der Waals surface area (Å²) in [6.45, 7) is 1.63. The first kappa shape index (κ1) is 13.3. The van der Waals surface area contributed by atoms with E-state index in [1.807, 2.05) is 0 Å². The Morgan fingerprint density at radius 2 is 1.75 bits per heavy atom. The van der Waals surface area contributed by atoms with Gasteiger partial charge in [0.05, 0.1) is 6.61 Å². The second-order valence-electron chi connectivity index (χ2n) is 3.94. The summed E-state index contributed by atoms with van der Waals surface area (Å²) < 4.78 is 54.8. The van der Waals surface area contributed by atoms with Gasteiger partial charge in [-0.15, -0.1) is 0 Å². The molecule has 0 aromatic heterocycles. The van der Waals surface area contributed by atoms with Gasteiger partial charge < -0.3 is 4.74 Å². The SMILES string of the molecule is CCO/C(=C(\F)C(F)(F)F)C1CCCCC1. The maximum atomic E-state index is 13.2. The van der Waals surface area contributed by atoms with Gasteiger partial charge in [0.15, 0.2) is 0 Å². The van der Waals surface area contributed by atoms with E-state index in [0.717, 1.165) is 19.3 Å². The van der Waals surface area contributed by atoms with E-state index in [1.165, 1.54) is 0 Å². The largest absolute Gasteiger partial charge is 0.495 e. The topological polar surface area (TPSA) is 9.23 Å². The number of ether oxygens (including phenoxy) is 1. The van der Waals surface area contributed by atoms with E-state index in [9.17, 15) is 17.6 Å². The van der Waals surface area contributed by atoms with Crippen LogP contribution in [0.15, 0.2) is 11.6 Å². The highest BCUT2D eigenvalue weighted by atomic mass is 19.4. The summed E-state index contributed by atoms with van der Waals surface area (Å²) in [6.07, 6.45) is -1.08. The molecule has 0 radical (unpaired) electrons. The lowest BCUT2D eigenvalue weighted by Crippen LogP contribution is -2.19. The van der Waals surface area contributed by atoms with E-state index < -0.39 is 23.7 Å². The highest BCUT2D eigenvalue weighted by Gasteiger charge is 2.40. The van der Waals surface area contributed by atoms with Crippen molar-refractivity contribution in [1.29, 1.82) is 0 Å². The molecule has 0 aliphatic heterocycles. The smallest absolute Gasteiger partial charge is 0.446 e. The lowest BCUT2D eigenvalue weighted by Gasteiger charge is -2.25. The molecule has 1 saturated carbocycles. The molecule has 1 fully saturated rings. The van der Waals surface area contributed by atoms with Gasteiger partial charge in [0.25, 0.3) is 0 Å². The number of hydrogen-bond acceptors (Lipinski definition) is 1. The fourth-order valence-electron chi connectivity index (χ4n) is 2.02. The minimum Gasteiger partial charge on any atom is -0.495 e. The number of rotatable bonds is 3. The van der Waals surface area contributed by atoms with Crippen LogP contribution < -0.4 is 0 Å². The van der Waals surface area contributed by atoms with Crippen molar-refractivity contribution in [2.24, 2.45) is 5.92 Å². The molecule has 16 heavy (non-hydrogen) atoms. The molecular weight excluding hydrogens is 224 g/mol. The summed E-state index contributed by atoms with van der Waals surface area (Å²) in [5.41, 5.74) is 0. The van der Waals surface area contributed by atoms with E-state index in [1.54, 1.807) is 6.92 Å². The molecule has 1 nitrogen and oxygen atoms in total. The van der Waals surface area contributed by atoms with Crippen LogP contribution in [0.1, 0.15) is 39.0 Å². The normalized spacial score (nSPS) is 20.6. The first-order valence-corrected chi connectivity index (χ1v) is 5.56. The van der Waals surface area contributed by atoms with Gasteiger partial charge >= 0.3 is 6.18 Å². The van der Waals surface area contributed by atoms with Crippen molar-refractivity contribution < 1.29 is 22.3 Å². The van der Waals surface area contributed by atoms with Gasteiger partial charge in [-0.25, -0.2) is 0 Å². The van der Waals surface area contributed by atoms with Crippen molar-refractivity contribution in [1.82, 2.24) is 0 Å². The number of allylic oxidation sites excluding steroid dienone is 2. The zero-order chi connectivity index (χ0) is 12.2. The molecule has 0 bridgehead atoms. The van der Waals surface area contributed by atoms with E-state index >= 15 is 0 Å². The molecule has 0 heterocycles. The van der Waals surface area contributed by atoms with Crippen molar-refractivity contribution >= 4 is 0 Å². The summed E-state index contributed by atoms with van der Waals surface area (Å²) in [5, 5.41) is 0. The molecule has 1 aliphatic rings. The summed E-state index contributed by atoms with van der Waals surface area (Å²) >= 11 is 0. The molecule has 0 atom stereocenters. The van der Waals surface area contributed by atoms with Gasteiger partial charge in [0.1, 0.15) is 5.76 Å². The summed E-state index contributed by atoms with van der Waals surface area (Å²) in [5.74, 6) is -2.95. The maximum Gasteiger partial charge on any atom is 0.446 e. The Labute approximate surface area is 92.5 Å². The molecular formula is C11H16F4O. The molecule has 0 aromatic carbocycles. The maximum absolute atomic E-state index is 13.2. The lowest BCUT2D eigenvalue weighted by atomic mass is 9.87. The molecule has 0 spiro atoms. The van der Waals surface area contributed by atoms with Crippen molar-refractivity contribution in [2.75, 3.05) is 6.61 Å². The quantitative estimate of drug-likeness (QED) is 0.526. The third kappa shape index (κ3) is 3.39. The van der Waals surface area contributed by atoms with Crippen LogP contribution in [0, 0.1) is 5.92 Å². The third-order valence-electron chi connectivity index (χ3n) is 2.74. The van der Waals surface area contributed by atoms with E-state index in [-0.39, 0.29) is 6.61 Å². The van der Waals surface area contributed by atoms with Gasteiger partial charge in [-0.05, 0) is 19.8 Å². The van der Waals surface area contributed by atoms with Crippen molar-refractivity contribution in [2.45, 2.75) is 45.2 Å². The second kappa shape index (κ2) is 5.55. The Hall–Kier alpha value is -0.740. The van der Waals surface area contributed by atoms with Gasteiger partial charge in [-0.2, -0.15) is 17.6 Å². The summed E-state index contributed by atoms with van der Waals surface area (Å²) in [7, 11) is 0. The molecule has 94 valence electrons. The van der Waals surface area contributed by atoms with Crippen molar-refractivity contribution in [3.63, 3.8) is 0 Å². The second-order valence-corrected chi connectivity index (χ2v) is 3.94. The van der Waals surface area contributed by atoms with E-state index in [2.05, 4.69) is 0 Å². The average Bonchev–Trinajstić information content (AvgIpc) is 2.25. The van der Waals surface area contributed by atoms with Crippen LogP contribution in [0.2, 0.25) is 0 Å². The monoisotopic (exact) mass is 240 g/mol. The van der Waals surface area contributed by atoms with Gasteiger partial charge in [0.2, 0.25) is 5.83 Å². The lowest BCUT2D eigenvalue weighted by molar-refractivity contribution is -0.114. The van der Waals surface area contributed by atoms with Crippen LogP contribution in [0.25, 0.3) is 0 Å². The predicted octanol–water partition coefficient (Wildman–Crippen LogP) is 4.35. The van der Waals surface area contributed by atoms with Crippen LogP contribution in [0.5, 0.6) is 0 Å². The van der Waals surface area contributed by atoms with Crippen LogP contribution >= 0.6 is 0 Å². The molecule has 1 aliphatic carbocycles. The number of alkyl halides is 3. The minimum absolute atomic E-state index is 0.0648. The standard InChI is InChI=1S/C11H16F4O/c1-2-16-9(10(12)11(13,14)15)8-6-4-3-5-7-8/h8H,2-7H2,1H3/b10-9-. The van der Waals surface area contributed by atoms with Gasteiger partial charge in [0, 0.05) is 5.92 Å². The van der Waals surface area contributed by atoms with Gasteiger partial charge in [-0.3, -0.25) is 0 Å². The molecule has 0 aromatic rings. The molecule has 5 heteroatoms. The van der Waals surface area contributed by atoms with E-state index in [0.29, 0.717) is 12.8 Å². The van der Waals surface area contributed by atoms with E-state index in [4.69, 9.17) is 4.74 Å². The Bertz CT molecular complexity index is 251. The highest BCUT2D eigenvalue weighted by Crippen LogP contribution is 2.37. The average molecular weight is 240 g/mol. The molecule has 0 N–H and O–H groups in total. The fourth-order valence-corrected chi connectivity index (χ4v) is 2.02. The Balaban J connectivity index is 2.87.